The maximum atomic E-state index is 14.1. The molecule has 34 heavy (non-hydrogen) atoms. The molecule has 0 spiro atoms. The van der Waals surface area contributed by atoms with Gasteiger partial charge in [0.25, 0.3) is 0 Å². The number of nitrogens with zero attached hydrogens (tertiary/aromatic N) is 5. The maximum Gasteiger partial charge on any atom is 0.161 e. The predicted octanol–water partition coefficient (Wildman–Crippen LogP) is 4.99. The van der Waals surface area contributed by atoms with Gasteiger partial charge in [0.1, 0.15) is 11.9 Å². The average molecular weight is 482 g/mol. The Labute approximate surface area is 204 Å². The van der Waals surface area contributed by atoms with Crippen molar-refractivity contribution in [3.05, 3.63) is 70.3 Å². The number of hydrogen-bond donors (Lipinski definition) is 0. The number of aryl methyl sites for hydroxylation is 2. The molecule has 8 heteroatoms. The lowest BCUT2D eigenvalue weighted by Gasteiger charge is -2.39. The molecule has 1 unspecified atom stereocenters. The van der Waals surface area contributed by atoms with Crippen LogP contribution in [0, 0.1) is 30.5 Å². The van der Waals surface area contributed by atoms with Gasteiger partial charge in [-0.2, -0.15) is 5.10 Å². The number of halogens is 2. The van der Waals surface area contributed by atoms with Gasteiger partial charge in [0.2, 0.25) is 0 Å². The highest BCUT2D eigenvalue weighted by atomic mass is 35.5. The van der Waals surface area contributed by atoms with E-state index in [4.69, 9.17) is 26.4 Å². The monoisotopic (exact) mass is 481 g/mol. The fourth-order valence-electron chi connectivity index (χ4n) is 6.13. The van der Waals surface area contributed by atoms with Crippen LogP contribution in [0.4, 0.5) is 10.1 Å². The van der Waals surface area contributed by atoms with Gasteiger partial charge in [0.15, 0.2) is 11.6 Å². The highest BCUT2D eigenvalue weighted by Gasteiger charge is 2.42. The van der Waals surface area contributed by atoms with Gasteiger partial charge < -0.3 is 9.64 Å². The summed E-state index contributed by atoms with van der Waals surface area (Å²) in [6.45, 7) is 5.54. The minimum absolute atomic E-state index is 0.363. The van der Waals surface area contributed by atoms with Crippen molar-refractivity contribution < 1.29 is 9.13 Å². The zero-order valence-electron chi connectivity index (χ0n) is 19.3. The van der Waals surface area contributed by atoms with E-state index in [-0.39, 0.29) is 5.82 Å². The molecule has 0 amide bonds. The van der Waals surface area contributed by atoms with E-state index in [1.165, 1.54) is 30.7 Å². The van der Waals surface area contributed by atoms with Gasteiger partial charge in [-0.1, -0.05) is 11.6 Å². The van der Waals surface area contributed by atoms with E-state index in [9.17, 15) is 4.39 Å². The Morgan fingerprint density at radius 1 is 1.15 bits per heavy atom. The number of aromatic nitrogens is 4. The fourth-order valence-corrected chi connectivity index (χ4v) is 6.36. The number of benzene rings is 1. The number of hydrogen-bond acceptors (Lipinski definition) is 5. The second-order valence-corrected chi connectivity index (χ2v) is 10.4. The number of piperidine rings is 1. The first-order valence-corrected chi connectivity index (χ1v) is 12.6. The molecule has 178 valence electrons. The summed E-state index contributed by atoms with van der Waals surface area (Å²) < 4.78 is 22.1. The van der Waals surface area contributed by atoms with E-state index in [0.717, 1.165) is 49.8 Å². The van der Waals surface area contributed by atoms with Crippen molar-refractivity contribution in [2.75, 3.05) is 24.6 Å². The summed E-state index contributed by atoms with van der Waals surface area (Å²) in [5.41, 5.74) is 3.03. The van der Waals surface area contributed by atoms with Crippen LogP contribution in [0.5, 0.6) is 0 Å². The Hall–Kier alpha value is -2.51. The van der Waals surface area contributed by atoms with E-state index in [1.54, 1.807) is 6.07 Å². The Morgan fingerprint density at radius 2 is 1.97 bits per heavy atom. The normalized spacial score (nSPS) is 26.4. The molecule has 2 fully saturated rings. The van der Waals surface area contributed by atoms with Crippen molar-refractivity contribution in [3.8, 4) is 0 Å². The van der Waals surface area contributed by atoms with Gasteiger partial charge >= 0.3 is 0 Å². The van der Waals surface area contributed by atoms with Crippen molar-refractivity contribution in [2.45, 2.75) is 45.3 Å². The van der Waals surface area contributed by atoms with Crippen LogP contribution in [0.2, 0.25) is 5.02 Å². The van der Waals surface area contributed by atoms with Crippen LogP contribution < -0.4 is 4.90 Å². The molecule has 1 saturated carbocycles. The molecule has 2 aromatic heterocycles. The zero-order valence-corrected chi connectivity index (χ0v) is 20.1. The fraction of sp³-hybridized carbons (Fsp3) is 0.500. The topological polar surface area (TPSA) is 56.1 Å². The van der Waals surface area contributed by atoms with Gasteiger partial charge in [-0.05, 0) is 79.8 Å². The molecule has 1 saturated heterocycles. The first kappa shape index (κ1) is 22.0. The lowest BCUT2D eigenvalue weighted by molar-refractivity contribution is 0.0808. The number of fused-ring (bicyclic) bond motifs is 3. The largest absolute Gasteiger partial charge is 0.371 e. The maximum absolute atomic E-state index is 14.1. The summed E-state index contributed by atoms with van der Waals surface area (Å²) in [4.78, 5) is 11.8. The molecule has 4 atom stereocenters. The molecule has 6 nitrogen and oxygen atoms in total. The molecule has 2 aliphatic heterocycles. The second kappa shape index (κ2) is 8.93. The molecule has 0 radical (unpaired) electrons. The van der Waals surface area contributed by atoms with Gasteiger partial charge in [-0.25, -0.2) is 14.1 Å². The summed E-state index contributed by atoms with van der Waals surface area (Å²) in [7, 11) is 0. The van der Waals surface area contributed by atoms with Crippen LogP contribution in [0.1, 0.15) is 48.3 Å². The Morgan fingerprint density at radius 3 is 2.74 bits per heavy atom. The molecule has 0 N–H and O–H groups in total. The van der Waals surface area contributed by atoms with E-state index in [1.807, 2.05) is 17.8 Å². The van der Waals surface area contributed by atoms with E-state index in [0.29, 0.717) is 34.9 Å². The Kier molecular flexibility index (Phi) is 5.77. The molecular formula is C26H29ClFN5O. The quantitative estimate of drug-likeness (QED) is 0.525. The van der Waals surface area contributed by atoms with Crippen molar-refractivity contribution in [1.82, 2.24) is 19.7 Å². The molecule has 1 aliphatic carbocycles. The molecule has 3 aliphatic rings. The van der Waals surface area contributed by atoms with Crippen molar-refractivity contribution in [3.63, 3.8) is 0 Å². The Balaban J connectivity index is 1.22. The summed E-state index contributed by atoms with van der Waals surface area (Å²) >= 11 is 6.13. The Bertz CT molecular complexity index is 1170. The van der Waals surface area contributed by atoms with Gasteiger partial charge in [-0.15, -0.1) is 0 Å². The molecule has 4 heterocycles. The third kappa shape index (κ3) is 4.20. The lowest BCUT2D eigenvalue weighted by atomic mass is 9.82. The first-order chi connectivity index (χ1) is 16.5. The molecule has 6 rings (SSSR count). The van der Waals surface area contributed by atoms with E-state index < -0.39 is 6.10 Å². The third-order valence-corrected chi connectivity index (χ3v) is 7.88. The zero-order chi connectivity index (χ0) is 23.2. The molecule has 3 aromatic rings. The average Bonchev–Trinajstić information content (AvgIpc) is 3.20. The number of ether oxygens (including phenoxy) is 1. The van der Waals surface area contributed by atoms with Gasteiger partial charge in [-0.3, -0.25) is 4.98 Å². The predicted molar refractivity (Wildman–Crippen MR) is 128 cm³/mol. The van der Waals surface area contributed by atoms with Crippen LogP contribution in [-0.2, 0) is 17.7 Å². The highest BCUT2D eigenvalue weighted by molar-refractivity contribution is 6.30. The van der Waals surface area contributed by atoms with Crippen molar-refractivity contribution in [2.24, 2.45) is 17.8 Å². The minimum atomic E-state index is -0.453. The van der Waals surface area contributed by atoms with E-state index in [2.05, 4.69) is 22.0 Å². The summed E-state index contributed by atoms with van der Waals surface area (Å²) in [5, 5.41) is 5.25. The smallest absolute Gasteiger partial charge is 0.161 e. The van der Waals surface area contributed by atoms with Crippen LogP contribution in [-0.4, -0.2) is 39.4 Å². The molecule has 2 bridgehead atoms. The minimum Gasteiger partial charge on any atom is -0.371 e. The second-order valence-electron chi connectivity index (χ2n) is 9.94. The SMILES string of the molecule is Cc1cc(N2C[C@H]3CC[C@@H](C2)C3Cc2nc3n(n2)CCCO[C@@H]3c2cc(F)cc(Cl)c2)ccn1. The number of anilines is 1. The van der Waals surface area contributed by atoms with Crippen LogP contribution in [0.3, 0.4) is 0 Å². The summed E-state index contributed by atoms with van der Waals surface area (Å²) in [6.07, 6.45) is 5.71. The van der Waals surface area contributed by atoms with Gasteiger partial charge in [0, 0.05) is 55.3 Å². The number of rotatable bonds is 4. The lowest BCUT2D eigenvalue weighted by Crippen LogP contribution is -2.42. The summed E-state index contributed by atoms with van der Waals surface area (Å²) in [6, 6.07) is 8.87. The number of pyridine rings is 1. The molecule has 1 aromatic carbocycles. The van der Waals surface area contributed by atoms with Crippen molar-refractivity contribution in [1.29, 1.82) is 0 Å². The summed E-state index contributed by atoms with van der Waals surface area (Å²) in [5.74, 6) is 3.15. The first-order valence-electron chi connectivity index (χ1n) is 12.2. The van der Waals surface area contributed by atoms with Crippen molar-refractivity contribution >= 4 is 17.3 Å². The van der Waals surface area contributed by atoms with Gasteiger partial charge in [0.05, 0.1) is 0 Å². The van der Waals surface area contributed by atoms with Crippen LogP contribution in [0.25, 0.3) is 0 Å². The highest BCUT2D eigenvalue weighted by Crippen LogP contribution is 2.44. The molecular weight excluding hydrogens is 453 g/mol. The standard InChI is InChI=1S/C26H29ClFN5O/c1-16-9-22(5-6-29-16)32-14-17-3-4-18(15-32)23(17)13-24-30-26-25(34-8-2-7-33(26)31-24)19-10-20(27)12-21(28)11-19/h5-6,9-12,17-18,23,25H,2-4,7-8,13-15H2,1H3/t17-,18+,23?,25-/m1/s1. The van der Waals surface area contributed by atoms with Crippen LogP contribution in [0.15, 0.2) is 36.5 Å². The van der Waals surface area contributed by atoms with E-state index >= 15 is 0 Å². The third-order valence-electron chi connectivity index (χ3n) is 7.66. The van der Waals surface area contributed by atoms with Crippen LogP contribution >= 0.6 is 11.6 Å².